The summed E-state index contributed by atoms with van der Waals surface area (Å²) in [4.78, 5) is 1.81. The molecular formula is C6H14N+. The summed E-state index contributed by atoms with van der Waals surface area (Å²) in [5.41, 5.74) is 0. The van der Waals surface area contributed by atoms with Crippen LogP contribution in [0.1, 0.15) is 19.8 Å². The van der Waals surface area contributed by atoms with E-state index in [1.165, 1.54) is 32.5 Å². The molecule has 42 valence electrons. The van der Waals surface area contributed by atoms with Gasteiger partial charge in [0.2, 0.25) is 0 Å². The van der Waals surface area contributed by atoms with E-state index in [-0.39, 0.29) is 0 Å². The molecule has 0 aromatic heterocycles. The second kappa shape index (κ2) is 2.31. The Balaban J connectivity index is 1.80. The molecule has 1 heteroatoms. The fraction of sp³-hybridized carbons (Fsp3) is 1.00. The van der Waals surface area contributed by atoms with E-state index in [0.29, 0.717) is 0 Å². The highest BCUT2D eigenvalue weighted by atomic mass is 15.2. The smallest absolute Gasteiger partial charge is 0.127 e. The zero-order chi connectivity index (χ0) is 5.11. The number of rotatable bonds is 3. The second-order valence-corrected chi connectivity index (χ2v) is 2.35. The molecule has 1 fully saturated rings. The van der Waals surface area contributed by atoms with Crippen molar-refractivity contribution in [2.75, 3.05) is 19.6 Å². The molecule has 0 unspecified atom stereocenters. The standard InChI is InChI=1S/C6H13N/c1-2-3-4-7-5-6-7/h2-6H2,1H3/p+1. The van der Waals surface area contributed by atoms with Crippen LogP contribution in [0.2, 0.25) is 0 Å². The van der Waals surface area contributed by atoms with Crippen LogP contribution in [0.25, 0.3) is 0 Å². The zero-order valence-corrected chi connectivity index (χ0v) is 5.04. The maximum Gasteiger partial charge on any atom is 0.127 e. The summed E-state index contributed by atoms with van der Waals surface area (Å²) in [6.45, 7) is 6.57. The van der Waals surface area contributed by atoms with Crippen LogP contribution < -0.4 is 4.90 Å². The van der Waals surface area contributed by atoms with Gasteiger partial charge in [-0.3, -0.25) is 0 Å². The summed E-state index contributed by atoms with van der Waals surface area (Å²) in [7, 11) is 0. The number of quaternary nitrogens is 1. The van der Waals surface area contributed by atoms with Gasteiger partial charge < -0.3 is 4.90 Å². The van der Waals surface area contributed by atoms with Crippen molar-refractivity contribution in [1.82, 2.24) is 0 Å². The van der Waals surface area contributed by atoms with Crippen LogP contribution >= 0.6 is 0 Å². The lowest BCUT2D eigenvalue weighted by atomic mass is 10.3. The van der Waals surface area contributed by atoms with Gasteiger partial charge in [-0.2, -0.15) is 0 Å². The summed E-state index contributed by atoms with van der Waals surface area (Å²) in [6, 6.07) is 0. The molecule has 7 heavy (non-hydrogen) atoms. The number of unbranched alkanes of at least 4 members (excludes halogenated alkanes) is 1. The van der Waals surface area contributed by atoms with E-state index in [1.807, 2.05) is 4.90 Å². The highest BCUT2D eigenvalue weighted by Crippen LogP contribution is 1.80. The van der Waals surface area contributed by atoms with Crippen molar-refractivity contribution in [2.24, 2.45) is 0 Å². The maximum absolute atomic E-state index is 2.25. The van der Waals surface area contributed by atoms with E-state index >= 15 is 0 Å². The summed E-state index contributed by atoms with van der Waals surface area (Å²) < 4.78 is 0. The molecule has 0 amide bonds. The minimum absolute atomic E-state index is 1.36. The van der Waals surface area contributed by atoms with Crippen LogP contribution in [-0.4, -0.2) is 19.6 Å². The van der Waals surface area contributed by atoms with E-state index in [2.05, 4.69) is 6.92 Å². The Labute approximate surface area is 45.3 Å². The Kier molecular flexibility index (Phi) is 1.69. The van der Waals surface area contributed by atoms with Gasteiger partial charge in [-0.05, 0) is 6.42 Å². The molecule has 0 spiro atoms. The van der Waals surface area contributed by atoms with Crippen molar-refractivity contribution in [1.29, 1.82) is 0 Å². The van der Waals surface area contributed by atoms with Crippen LogP contribution in [0.4, 0.5) is 0 Å². The first kappa shape index (κ1) is 5.10. The quantitative estimate of drug-likeness (QED) is 0.464. The highest BCUT2D eigenvalue weighted by molar-refractivity contribution is 4.40. The molecular weight excluding hydrogens is 86.1 g/mol. The van der Waals surface area contributed by atoms with Gasteiger partial charge in [0.25, 0.3) is 0 Å². The molecule has 1 heterocycles. The first-order valence-corrected chi connectivity index (χ1v) is 3.27. The SMILES string of the molecule is CCCC[NH+]1CC1. The van der Waals surface area contributed by atoms with Crippen molar-refractivity contribution in [3.05, 3.63) is 0 Å². The second-order valence-electron chi connectivity index (χ2n) is 2.35. The lowest BCUT2D eigenvalue weighted by Crippen LogP contribution is -2.92. The van der Waals surface area contributed by atoms with Crippen molar-refractivity contribution in [2.45, 2.75) is 19.8 Å². The number of hydrogen-bond donors (Lipinski definition) is 1. The van der Waals surface area contributed by atoms with E-state index in [4.69, 9.17) is 0 Å². The molecule has 0 saturated carbocycles. The Hall–Kier alpha value is -0.0400. The molecule has 1 aliphatic rings. The number of nitrogens with one attached hydrogen (secondary N) is 1. The third kappa shape index (κ3) is 1.93. The van der Waals surface area contributed by atoms with Crippen LogP contribution in [0, 0.1) is 0 Å². The molecule has 1 nitrogen and oxygen atoms in total. The van der Waals surface area contributed by atoms with Crippen molar-refractivity contribution >= 4 is 0 Å². The van der Waals surface area contributed by atoms with Crippen molar-refractivity contribution in [3.8, 4) is 0 Å². The molecule has 0 bridgehead atoms. The molecule has 1 rings (SSSR count). The molecule has 1 saturated heterocycles. The molecule has 0 radical (unpaired) electrons. The monoisotopic (exact) mass is 100 g/mol. The van der Waals surface area contributed by atoms with E-state index in [1.54, 1.807) is 0 Å². The molecule has 0 aliphatic carbocycles. The first-order valence-electron chi connectivity index (χ1n) is 3.27. The van der Waals surface area contributed by atoms with Gasteiger partial charge in [-0.25, -0.2) is 0 Å². The average molecular weight is 100 g/mol. The van der Waals surface area contributed by atoms with Crippen LogP contribution in [0.15, 0.2) is 0 Å². The maximum atomic E-state index is 2.25. The fourth-order valence-electron chi connectivity index (χ4n) is 0.765. The van der Waals surface area contributed by atoms with E-state index in [9.17, 15) is 0 Å². The van der Waals surface area contributed by atoms with Gasteiger partial charge in [0.1, 0.15) is 13.1 Å². The van der Waals surface area contributed by atoms with E-state index < -0.39 is 0 Å². The molecule has 0 aromatic rings. The normalized spacial score (nSPS) is 20.1. The van der Waals surface area contributed by atoms with Gasteiger partial charge in [0, 0.05) is 0 Å². The van der Waals surface area contributed by atoms with E-state index in [0.717, 1.165) is 0 Å². The topological polar surface area (TPSA) is 4.44 Å². The minimum atomic E-state index is 1.36. The lowest BCUT2D eigenvalue weighted by Gasteiger charge is -1.90. The van der Waals surface area contributed by atoms with Gasteiger partial charge in [0.15, 0.2) is 0 Å². The van der Waals surface area contributed by atoms with Gasteiger partial charge >= 0.3 is 0 Å². The Morgan fingerprint density at radius 3 is 2.57 bits per heavy atom. The molecule has 0 atom stereocenters. The third-order valence-corrected chi connectivity index (χ3v) is 1.49. The minimum Gasteiger partial charge on any atom is -0.326 e. The summed E-state index contributed by atoms with van der Waals surface area (Å²) in [5, 5.41) is 0. The highest BCUT2D eigenvalue weighted by Gasteiger charge is 2.20. The van der Waals surface area contributed by atoms with Crippen LogP contribution in [0.5, 0.6) is 0 Å². The predicted octanol–water partition coefficient (Wildman–Crippen LogP) is -0.315. The Morgan fingerprint density at radius 1 is 1.43 bits per heavy atom. The van der Waals surface area contributed by atoms with Crippen molar-refractivity contribution < 1.29 is 4.90 Å². The number of hydrogen-bond acceptors (Lipinski definition) is 0. The molecule has 0 aromatic carbocycles. The van der Waals surface area contributed by atoms with Gasteiger partial charge in [-0.15, -0.1) is 0 Å². The zero-order valence-electron chi connectivity index (χ0n) is 5.04. The van der Waals surface area contributed by atoms with Crippen LogP contribution in [-0.2, 0) is 0 Å². The lowest BCUT2D eigenvalue weighted by molar-refractivity contribution is -0.758. The van der Waals surface area contributed by atoms with Crippen molar-refractivity contribution in [3.63, 3.8) is 0 Å². The predicted molar refractivity (Wildman–Crippen MR) is 30.5 cm³/mol. The summed E-state index contributed by atoms with van der Waals surface area (Å²) in [6.07, 6.45) is 2.79. The summed E-state index contributed by atoms with van der Waals surface area (Å²) in [5.74, 6) is 0. The fourth-order valence-corrected chi connectivity index (χ4v) is 0.765. The largest absolute Gasteiger partial charge is 0.326 e. The average Bonchev–Trinajstić information content (AvgIpc) is 2.42. The Morgan fingerprint density at radius 2 is 2.14 bits per heavy atom. The van der Waals surface area contributed by atoms with Gasteiger partial charge in [0.05, 0.1) is 6.54 Å². The van der Waals surface area contributed by atoms with Gasteiger partial charge in [-0.1, -0.05) is 13.3 Å². The molecule has 1 aliphatic heterocycles. The first-order chi connectivity index (χ1) is 3.43. The Bertz CT molecular complexity index is 48.1. The summed E-state index contributed by atoms with van der Waals surface area (Å²) >= 11 is 0. The third-order valence-electron chi connectivity index (χ3n) is 1.49. The molecule has 1 N–H and O–H groups in total. The van der Waals surface area contributed by atoms with Crippen LogP contribution in [0.3, 0.4) is 0 Å².